The van der Waals surface area contributed by atoms with Gasteiger partial charge in [0, 0.05) is 97.3 Å². The second-order valence-electron chi connectivity index (χ2n) is 24.7. The molecule has 8 aromatic heterocycles. The van der Waals surface area contributed by atoms with E-state index in [1.807, 2.05) is 76.7 Å². The van der Waals surface area contributed by atoms with Crippen molar-refractivity contribution in [3.8, 4) is 22.5 Å². The van der Waals surface area contributed by atoms with Crippen LogP contribution in [0.15, 0.2) is 109 Å². The molecule has 0 N–H and O–H groups in total. The van der Waals surface area contributed by atoms with E-state index in [0.29, 0.717) is 37.5 Å². The molecule has 10 heterocycles. The number of likely N-dealkylation sites (tertiary alicyclic amines) is 2. The molecular formula is C66H74F4N14. The molecule has 0 amide bonds. The summed E-state index contributed by atoms with van der Waals surface area (Å²) in [7, 11) is 8.12. The molecule has 436 valence electrons. The van der Waals surface area contributed by atoms with Crippen molar-refractivity contribution < 1.29 is 17.6 Å². The summed E-state index contributed by atoms with van der Waals surface area (Å²) in [6, 6.07) is 33.4. The number of aryl methyl sites for hydroxylation is 4. The zero-order chi connectivity index (χ0) is 58.0. The first-order chi connectivity index (χ1) is 40.6. The Balaban J connectivity index is 0.000000157. The third-order valence-electron chi connectivity index (χ3n) is 19.1. The Morgan fingerprint density at radius 2 is 0.845 bits per heavy atom. The Hall–Kier alpha value is -7.44. The van der Waals surface area contributed by atoms with Gasteiger partial charge in [0.25, 0.3) is 0 Å². The quantitative estimate of drug-likeness (QED) is 0.122. The number of hydrogen-bond donors (Lipinski definition) is 0. The molecule has 2 saturated heterocycles. The topological polar surface area (TPSA) is 129 Å². The van der Waals surface area contributed by atoms with Crippen molar-refractivity contribution in [3.63, 3.8) is 0 Å². The maximum absolute atomic E-state index is 14.4. The largest absolute Gasteiger partial charge is 0.316 e. The van der Waals surface area contributed by atoms with Crippen LogP contribution in [0.4, 0.5) is 17.6 Å². The number of alkyl halides is 4. The minimum absolute atomic E-state index is 0.0448. The highest BCUT2D eigenvalue weighted by molar-refractivity contribution is 6.06. The molecule has 2 saturated carbocycles. The van der Waals surface area contributed by atoms with E-state index in [2.05, 4.69) is 114 Å². The highest BCUT2D eigenvalue weighted by Crippen LogP contribution is 2.48. The minimum Gasteiger partial charge on any atom is -0.316 e. The van der Waals surface area contributed by atoms with E-state index in [4.69, 9.17) is 19.9 Å². The van der Waals surface area contributed by atoms with E-state index in [0.717, 1.165) is 152 Å². The summed E-state index contributed by atoms with van der Waals surface area (Å²) in [6.45, 7) is 8.12. The van der Waals surface area contributed by atoms with E-state index < -0.39 is 11.8 Å². The van der Waals surface area contributed by atoms with Crippen LogP contribution in [0.3, 0.4) is 0 Å². The maximum Gasteiger partial charge on any atom is 0.248 e. The minimum atomic E-state index is -2.60. The highest BCUT2D eigenvalue weighted by Gasteiger charge is 2.42. The standard InChI is InChI=1S/2C33H37F2N7/c2*1-21-30(41(3)39-38-21)25-19-28-29(36-20-25)26-9-10-27(22-13-17-40(2)18-14-22)37-32(26)42(28)31(23-7-5-4-6-8-23)24-11-15-33(34,35)16-12-24/h2*4-10,19-20,22,24,31H,11-18H2,1-3H3. The van der Waals surface area contributed by atoms with Crippen molar-refractivity contribution in [2.75, 3.05) is 40.3 Å². The van der Waals surface area contributed by atoms with Crippen LogP contribution in [0, 0.1) is 25.7 Å². The fourth-order valence-corrected chi connectivity index (χ4v) is 14.5. The van der Waals surface area contributed by atoms with Crippen LogP contribution >= 0.6 is 0 Å². The fourth-order valence-electron chi connectivity index (χ4n) is 14.5. The molecular weight excluding hydrogens is 1060 g/mol. The van der Waals surface area contributed by atoms with E-state index in [1.165, 1.54) is 0 Å². The molecule has 2 unspecified atom stereocenters. The first kappa shape index (κ1) is 55.7. The number of benzene rings is 2. The summed E-state index contributed by atoms with van der Waals surface area (Å²) in [5, 5.41) is 19.0. The number of nitrogens with zero attached hydrogens (tertiary/aromatic N) is 14. The predicted octanol–water partition coefficient (Wildman–Crippen LogP) is 13.8. The molecule has 2 atom stereocenters. The lowest BCUT2D eigenvalue weighted by molar-refractivity contribution is -0.0498. The molecule has 0 spiro atoms. The molecule has 4 aliphatic rings. The van der Waals surface area contributed by atoms with E-state index in [1.54, 1.807) is 9.36 Å². The smallest absolute Gasteiger partial charge is 0.248 e. The molecule has 0 bridgehead atoms. The molecule has 14 nitrogen and oxygen atoms in total. The number of aromatic nitrogens is 12. The number of pyridine rings is 4. The van der Waals surface area contributed by atoms with Crippen LogP contribution in [0.25, 0.3) is 66.6 Å². The second-order valence-corrected chi connectivity index (χ2v) is 24.7. The van der Waals surface area contributed by atoms with Gasteiger partial charge in [-0.1, -0.05) is 71.1 Å². The summed E-state index contributed by atoms with van der Waals surface area (Å²) in [6.07, 6.45) is 9.56. The maximum atomic E-state index is 14.4. The monoisotopic (exact) mass is 1140 g/mol. The molecule has 84 heavy (non-hydrogen) atoms. The van der Waals surface area contributed by atoms with Gasteiger partial charge < -0.3 is 18.9 Å². The molecule has 10 aromatic rings. The average molecular weight is 1140 g/mol. The number of hydrogen-bond acceptors (Lipinski definition) is 10. The summed E-state index contributed by atoms with van der Waals surface area (Å²) in [4.78, 5) is 25.5. The van der Waals surface area contributed by atoms with Gasteiger partial charge in [0.2, 0.25) is 11.8 Å². The lowest BCUT2D eigenvalue weighted by atomic mass is 9.79. The van der Waals surface area contributed by atoms with E-state index >= 15 is 0 Å². The summed E-state index contributed by atoms with van der Waals surface area (Å²) < 4.78 is 65.9. The van der Waals surface area contributed by atoms with E-state index in [9.17, 15) is 17.6 Å². The number of halogens is 4. The fraction of sp³-hybridized carbons (Fsp3) is 0.455. The molecule has 4 fully saturated rings. The molecule has 0 radical (unpaired) electrons. The van der Waals surface area contributed by atoms with Crippen molar-refractivity contribution in [3.05, 3.63) is 143 Å². The number of rotatable bonds is 10. The molecule has 18 heteroatoms. The Labute approximate surface area is 487 Å². The van der Waals surface area contributed by atoms with Crippen molar-refractivity contribution in [1.82, 2.24) is 68.9 Å². The Morgan fingerprint density at radius 3 is 1.19 bits per heavy atom. The van der Waals surface area contributed by atoms with Gasteiger partial charge in [-0.25, -0.2) is 36.9 Å². The number of fused-ring (bicyclic) bond motifs is 6. The van der Waals surface area contributed by atoms with Crippen molar-refractivity contribution in [2.45, 2.75) is 127 Å². The lowest BCUT2D eigenvalue weighted by Crippen LogP contribution is -2.31. The Kier molecular flexibility index (Phi) is 14.9. The summed E-state index contributed by atoms with van der Waals surface area (Å²) in [5.41, 5.74) is 15.2. The lowest BCUT2D eigenvalue weighted by Gasteiger charge is -2.35. The van der Waals surface area contributed by atoms with Gasteiger partial charge in [-0.3, -0.25) is 9.97 Å². The van der Waals surface area contributed by atoms with Gasteiger partial charge in [-0.2, -0.15) is 0 Å². The third kappa shape index (κ3) is 10.7. The summed E-state index contributed by atoms with van der Waals surface area (Å²) >= 11 is 0. The van der Waals surface area contributed by atoms with Gasteiger partial charge in [-0.05, 0) is 165 Å². The van der Waals surface area contributed by atoms with Crippen molar-refractivity contribution >= 4 is 44.1 Å². The molecule has 2 aromatic carbocycles. The van der Waals surface area contributed by atoms with Gasteiger partial charge in [0.15, 0.2) is 0 Å². The zero-order valence-corrected chi connectivity index (χ0v) is 48.9. The van der Waals surface area contributed by atoms with Gasteiger partial charge in [-0.15, -0.1) is 10.2 Å². The van der Waals surface area contributed by atoms with Crippen molar-refractivity contribution in [1.29, 1.82) is 0 Å². The van der Waals surface area contributed by atoms with Crippen LogP contribution < -0.4 is 0 Å². The first-order valence-electron chi connectivity index (χ1n) is 30.1. The van der Waals surface area contributed by atoms with Crippen LogP contribution in [-0.2, 0) is 14.1 Å². The van der Waals surface area contributed by atoms with Gasteiger partial charge in [0.1, 0.15) is 11.3 Å². The Bertz CT molecular complexity index is 3670. The van der Waals surface area contributed by atoms with Crippen LogP contribution in [-0.4, -0.2) is 121 Å². The van der Waals surface area contributed by atoms with Crippen LogP contribution in [0.5, 0.6) is 0 Å². The number of piperidine rings is 2. The predicted molar refractivity (Wildman–Crippen MR) is 321 cm³/mol. The average Bonchev–Trinajstić information content (AvgIpc) is 1.81. The van der Waals surface area contributed by atoms with Gasteiger partial charge in [0.05, 0.1) is 56.9 Å². The first-order valence-corrected chi connectivity index (χ1v) is 30.1. The van der Waals surface area contributed by atoms with Crippen molar-refractivity contribution in [2.24, 2.45) is 25.9 Å². The normalized spacial score (nSPS) is 19.5. The summed E-state index contributed by atoms with van der Waals surface area (Å²) in [5.74, 6) is -4.32. The van der Waals surface area contributed by atoms with Crippen LogP contribution in [0.1, 0.15) is 135 Å². The third-order valence-corrected chi connectivity index (χ3v) is 19.1. The molecule has 2 aliphatic carbocycles. The second kappa shape index (κ2) is 22.5. The van der Waals surface area contributed by atoms with Gasteiger partial charge >= 0.3 is 0 Å². The molecule has 14 rings (SSSR count). The van der Waals surface area contributed by atoms with E-state index in [-0.39, 0.29) is 49.6 Å². The Morgan fingerprint density at radius 1 is 0.476 bits per heavy atom. The van der Waals surface area contributed by atoms with Crippen LogP contribution in [0.2, 0.25) is 0 Å². The highest BCUT2D eigenvalue weighted by atomic mass is 19.3. The zero-order valence-electron chi connectivity index (χ0n) is 48.9. The molecule has 2 aliphatic heterocycles. The SMILES string of the molecule is Cc1nnn(C)c1-c1cnc2c3ccc(C4CCN(C)CC4)nc3n(C(c3ccccc3)C3CCC(F)(F)CC3)c2c1.Cc1nnn(C)c1-c1cnc2c3ccc(C4CCN(C)CC4)nc3n(C(c3ccccc3)C3CCC(F)(F)CC3)c2c1.